The summed E-state index contributed by atoms with van der Waals surface area (Å²) in [5.74, 6) is -1.84. The third kappa shape index (κ3) is 3.80. The van der Waals surface area contributed by atoms with Crippen LogP contribution in [0.25, 0.3) is 0 Å². The molecule has 122 valence electrons. The number of nitrogens with zero attached hydrogens (tertiary/aromatic N) is 1. The fourth-order valence-electron chi connectivity index (χ4n) is 2.47. The molecular formula is C14H18F2N2O3S. The van der Waals surface area contributed by atoms with Crippen LogP contribution in [0.15, 0.2) is 18.2 Å². The molecule has 1 aliphatic rings. The maximum absolute atomic E-state index is 13.5. The first kappa shape index (κ1) is 16.8. The van der Waals surface area contributed by atoms with Crippen LogP contribution in [-0.2, 0) is 21.2 Å². The second-order valence-electron chi connectivity index (χ2n) is 5.21. The van der Waals surface area contributed by atoms with Crippen LogP contribution in [0.3, 0.4) is 0 Å². The SMILES string of the molecule is CCNS(=O)(=O)C1CCN(C(=O)Cc2ccc(F)cc2F)C1. The van der Waals surface area contributed by atoms with Gasteiger partial charge in [-0.15, -0.1) is 0 Å². The minimum atomic E-state index is -3.43. The van der Waals surface area contributed by atoms with Gasteiger partial charge in [0.2, 0.25) is 15.9 Å². The Morgan fingerprint density at radius 2 is 2.14 bits per heavy atom. The Morgan fingerprint density at radius 1 is 1.41 bits per heavy atom. The molecule has 0 radical (unpaired) electrons. The van der Waals surface area contributed by atoms with E-state index in [1.54, 1.807) is 6.92 Å². The number of amides is 1. The van der Waals surface area contributed by atoms with Crippen molar-refractivity contribution in [3.8, 4) is 0 Å². The molecule has 0 spiro atoms. The van der Waals surface area contributed by atoms with Crippen molar-refractivity contribution in [1.82, 2.24) is 9.62 Å². The van der Waals surface area contributed by atoms with Crippen molar-refractivity contribution in [2.45, 2.75) is 25.0 Å². The molecule has 1 aliphatic heterocycles. The van der Waals surface area contributed by atoms with E-state index in [0.29, 0.717) is 19.5 Å². The lowest BCUT2D eigenvalue weighted by Gasteiger charge is -2.17. The summed E-state index contributed by atoms with van der Waals surface area (Å²) in [6, 6.07) is 3.05. The van der Waals surface area contributed by atoms with Crippen LogP contribution in [0.2, 0.25) is 0 Å². The van der Waals surface area contributed by atoms with Crippen LogP contribution in [0, 0.1) is 11.6 Å². The third-order valence-electron chi connectivity index (χ3n) is 3.64. The monoisotopic (exact) mass is 332 g/mol. The van der Waals surface area contributed by atoms with Gasteiger partial charge in [0.1, 0.15) is 11.6 Å². The zero-order valence-electron chi connectivity index (χ0n) is 12.2. The molecule has 1 saturated heterocycles. The van der Waals surface area contributed by atoms with Crippen molar-refractivity contribution in [3.05, 3.63) is 35.4 Å². The Kier molecular flexibility index (Phi) is 5.12. The van der Waals surface area contributed by atoms with E-state index in [1.807, 2.05) is 0 Å². The molecule has 0 aromatic heterocycles. The van der Waals surface area contributed by atoms with Gasteiger partial charge < -0.3 is 4.90 Å². The van der Waals surface area contributed by atoms with E-state index in [1.165, 1.54) is 11.0 Å². The van der Waals surface area contributed by atoms with Gasteiger partial charge in [-0.05, 0) is 18.1 Å². The topological polar surface area (TPSA) is 66.5 Å². The summed E-state index contributed by atoms with van der Waals surface area (Å²) in [6.07, 6.45) is 0.146. The number of benzene rings is 1. The van der Waals surface area contributed by atoms with E-state index in [0.717, 1.165) is 12.1 Å². The predicted molar refractivity (Wildman–Crippen MR) is 77.6 cm³/mol. The van der Waals surface area contributed by atoms with Crippen molar-refractivity contribution in [3.63, 3.8) is 0 Å². The van der Waals surface area contributed by atoms with E-state index in [4.69, 9.17) is 0 Å². The van der Waals surface area contributed by atoms with Gasteiger partial charge >= 0.3 is 0 Å². The first-order valence-corrected chi connectivity index (χ1v) is 8.58. The molecule has 1 fully saturated rings. The molecule has 8 heteroatoms. The normalized spacial score (nSPS) is 18.7. The van der Waals surface area contributed by atoms with Gasteiger partial charge in [-0.25, -0.2) is 21.9 Å². The summed E-state index contributed by atoms with van der Waals surface area (Å²) in [7, 11) is -3.43. The highest BCUT2D eigenvalue weighted by Crippen LogP contribution is 2.18. The highest BCUT2D eigenvalue weighted by Gasteiger charge is 2.34. The van der Waals surface area contributed by atoms with Gasteiger partial charge in [0.25, 0.3) is 0 Å². The number of likely N-dealkylation sites (tertiary alicyclic amines) is 1. The average Bonchev–Trinajstić information content (AvgIpc) is 2.92. The van der Waals surface area contributed by atoms with Crippen LogP contribution in [0.5, 0.6) is 0 Å². The maximum atomic E-state index is 13.5. The smallest absolute Gasteiger partial charge is 0.227 e. The molecule has 1 atom stereocenters. The highest BCUT2D eigenvalue weighted by atomic mass is 32.2. The van der Waals surface area contributed by atoms with Crippen LogP contribution < -0.4 is 4.72 Å². The molecule has 1 unspecified atom stereocenters. The van der Waals surface area contributed by atoms with Crippen molar-refractivity contribution >= 4 is 15.9 Å². The quantitative estimate of drug-likeness (QED) is 0.876. The first-order valence-electron chi connectivity index (χ1n) is 7.03. The maximum Gasteiger partial charge on any atom is 0.227 e. The van der Waals surface area contributed by atoms with Crippen molar-refractivity contribution in [2.24, 2.45) is 0 Å². The molecule has 1 aromatic rings. The number of carbonyl (C=O) groups is 1. The summed E-state index contributed by atoms with van der Waals surface area (Å²) in [4.78, 5) is 13.5. The Labute approximate surface area is 128 Å². The molecule has 1 N–H and O–H groups in total. The van der Waals surface area contributed by atoms with E-state index in [-0.39, 0.29) is 24.4 Å². The first-order chi connectivity index (χ1) is 10.3. The summed E-state index contributed by atoms with van der Waals surface area (Å²) >= 11 is 0. The average molecular weight is 332 g/mol. The molecule has 22 heavy (non-hydrogen) atoms. The van der Waals surface area contributed by atoms with Crippen LogP contribution in [-0.4, -0.2) is 44.1 Å². The minimum Gasteiger partial charge on any atom is -0.341 e. The van der Waals surface area contributed by atoms with Crippen LogP contribution in [0.4, 0.5) is 8.78 Å². The largest absolute Gasteiger partial charge is 0.341 e. The Morgan fingerprint density at radius 3 is 2.77 bits per heavy atom. The molecule has 0 aliphatic carbocycles. The van der Waals surface area contributed by atoms with E-state index in [9.17, 15) is 22.0 Å². The fraction of sp³-hybridized carbons (Fsp3) is 0.500. The zero-order chi connectivity index (χ0) is 16.3. The number of halogens is 2. The Balaban J connectivity index is 2.00. The minimum absolute atomic E-state index is 0.0942. The Hall–Kier alpha value is -1.54. The molecule has 1 amide bonds. The number of sulfonamides is 1. The number of rotatable bonds is 5. The molecule has 2 rings (SSSR count). The van der Waals surface area contributed by atoms with Crippen molar-refractivity contribution in [2.75, 3.05) is 19.6 Å². The lowest BCUT2D eigenvalue weighted by atomic mass is 10.1. The van der Waals surface area contributed by atoms with Gasteiger partial charge in [-0.3, -0.25) is 4.79 Å². The van der Waals surface area contributed by atoms with Crippen molar-refractivity contribution in [1.29, 1.82) is 0 Å². The Bertz CT molecular complexity index is 664. The standard InChI is InChI=1S/C14H18F2N2O3S/c1-2-17-22(20,21)12-5-6-18(9-12)14(19)7-10-3-4-11(15)8-13(10)16/h3-4,8,12,17H,2,5-7,9H2,1H3. The molecule has 0 saturated carbocycles. The van der Waals surface area contributed by atoms with E-state index < -0.39 is 26.9 Å². The van der Waals surface area contributed by atoms with E-state index in [2.05, 4.69) is 4.72 Å². The summed E-state index contributed by atoms with van der Waals surface area (Å²) in [5, 5.41) is -0.644. The van der Waals surface area contributed by atoms with E-state index >= 15 is 0 Å². The third-order valence-corrected chi connectivity index (χ3v) is 5.59. The second-order valence-corrected chi connectivity index (χ2v) is 7.25. The summed E-state index contributed by atoms with van der Waals surface area (Å²) < 4.78 is 52.6. The van der Waals surface area contributed by atoms with Gasteiger partial charge in [0.15, 0.2) is 0 Å². The van der Waals surface area contributed by atoms with Gasteiger partial charge in [0, 0.05) is 25.7 Å². The summed E-state index contributed by atoms with van der Waals surface area (Å²) in [6.45, 7) is 2.40. The molecule has 1 aromatic carbocycles. The number of carbonyl (C=O) groups excluding carboxylic acids is 1. The van der Waals surface area contributed by atoms with Gasteiger partial charge in [-0.2, -0.15) is 0 Å². The molecule has 1 heterocycles. The zero-order valence-corrected chi connectivity index (χ0v) is 13.0. The molecule has 5 nitrogen and oxygen atoms in total. The highest BCUT2D eigenvalue weighted by molar-refractivity contribution is 7.90. The molecular weight excluding hydrogens is 314 g/mol. The second kappa shape index (κ2) is 6.70. The van der Waals surface area contributed by atoms with Gasteiger partial charge in [0.05, 0.1) is 11.7 Å². The fourth-order valence-corrected chi connectivity index (χ4v) is 3.90. The van der Waals surface area contributed by atoms with Crippen LogP contribution in [0.1, 0.15) is 18.9 Å². The lowest BCUT2D eigenvalue weighted by Crippen LogP contribution is -2.38. The van der Waals surface area contributed by atoms with Crippen LogP contribution >= 0.6 is 0 Å². The van der Waals surface area contributed by atoms with Crippen molar-refractivity contribution < 1.29 is 22.0 Å². The molecule has 0 bridgehead atoms. The number of hydrogen-bond donors (Lipinski definition) is 1. The predicted octanol–water partition coefficient (Wildman–Crippen LogP) is 1.05. The lowest BCUT2D eigenvalue weighted by molar-refractivity contribution is -0.129. The number of nitrogens with one attached hydrogen (secondary N) is 1. The van der Waals surface area contributed by atoms with Gasteiger partial charge in [-0.1, -0.05) is 13.0 Å². The summed E-state index contributed by atoms with van der Waals surface area (Å²) in [5.41, 5.74) is 0.101. The number of hydrogen-bond acceptors (Lipinski definition) is 3.